The number of ether oxygens (including phenoxy) is 1. The molecule has 300 valence electrons. The van der Waals surface area contributed by atoms with Crippen molar-refractivity contribution in [3.8, 4) is 11.4 Å². The van der Waals surface area contributed by atoms with Crippen molar-refractivity contribution in [3.05, 3.63) is 158 Å². The number of para-hydroxylation sites is 4. The maximum absolute atomic E-state index is 6.15. The Balaban J connectivity index is 0.00000150. The summed E-state index contributed by atoms with van der Waals surface area (Å²) in [6.45, 7) is 10.0. The van der Waals surface area contributed by atoms with Gasteiger partial charge in [-0.15, -0.1) is 33.3 Å². The summed E-state index contributed by atoms with van der Waals surface area (Å²) in [5.74, 6) is 0. The van der Waals surface area contributed by atoms with Crippen LogP contribution in [0, 0.1) is 0 Å². The molecule has 0 bridgehead atoms. The fourth-order valence-electron chi connectivity index (χ4n) is 10.1. The van der Waals surface area contributed by atoms with Gasteiger partial charge in [-0.2, -0.15) is 0 Å². The number of nitrogens with zero attached hydrogens (tertiary/aromatic N) is 2. The number of hydrogen-bond acceptors (Lipinski definition) is 1. The summed E-state index contributed by atoms with van der Waals surface area (Å²) in [6.07, 6.45) is 4.64. The average molecular weight is 921 g/mol. The number of unbranched alkanes of at least 4 members (excludes halogenated alkanes) is 3. The van der Waals surface area contributed by atoms with Gasteiger partial charge in [0.2, 0.25) is 0 Å². The first-order valence-electron chi connectivity index (χ1n) is 21.2. The third-order valence-electron chi connectivity index (χ3n) is 12.4. The molecule has 0 unspecified atom stereocenters. The van der Waals surface area contributed by atoms with Crippen LogP contribution in [0.15, 0.2) is 158 Å². The van der Waals surface area contributed by atoms with E-state index in [1.54, 1.807) is 10.4 Å². The molecule has 0 aliphatic rings. The molecule has 8 aromatic carbocycles. The molecule has 0 fully saturated rings. The summed E-state index contributed by atoms with van der Waals surface area (Å²) in [7, 11) is 7.25. The van der Waals surface area contributed by atoms with Gasteiger partial charge in [-0.25, -0.2) is 0 Å². The van der Waals surface area contributed by atoms with Crippen molar-refractivity contribution in [2.24, 2.45) is 0 Å². The molecule has 10 aromatic rings. The van der Waals surface area contributed by atoms with E-state index in [9.17, 15) is 0 Å². The number of rotatable bonds is 11. The van der Waals surface area contributed by atoms with Crippen LogP contribution in [0.25, 0.3) is 76.5 Å². The fourth-order valence-corrected chi connectivity index (χ4v) is 15.0. The van der Waals surface area contributed by atoms with Crippen molar-refractivity contribution in [1.29, 1.82) is 0 Å². The van der Waals surface area contributed by atoms with E-state index >= 15 is 0 Å². The first-order chi connectivity index (χ1) is 29.3. The Hall–Kier alpha value is -4.22. The molecular formula is C53H50Cl2N2OSiZr. The number of benzene rings is 6. The van der Waals surface area contributed by atoms with Crippen LogP contribution in [0.3, 0.4) is 0 Å². The Morgan fingerprint density at radius 2 is 0.900 bits per heavy atom. The molecule has 0 aliphatic heterocycles. The summed E-state index contributed by atoms with van der Waals surface area (Å²) >= 11 is -0.826. The standard InChI is InChI=1S/C53H50N2OSi.2ClH.Zr/c1-53(2,3)56-35-21-5-6-22-36-57(4,51-41-29-15-13-27-39(41)49-47(51)43-31-17-19-33-45(43)54(49)37-23-9-7-10-24-37)52-42-30-16-14-28-40(42)50-48(52)44-32-18-20-34-46(44)55(50)38-25-11-8-12-26-38;;;/h7-20,23-34H,5-6,21-22,35-36H2,1-4H3;2*1H;/q-2;;;+4/p-2. The Kier molecular flexibility index (Phi) is 11.8. The monoisotopic (exact) mass is 918 g/mol. The summed E-state index contributed by atoms with van der Waals surface area (Å²) in [6, 6.07) is 60.0. The van der Waals surface area contributed by atoms with Gasteiger partial charge >= 0.3 is 37.9 Å². The predicted molar refractivity (Wildman–Crippen MR) is 259 cm³/mol. The summed E-state index contributed by atoms with van der Waals surface area (Å²) in [4.78, 5) is 0. The zero-order valence-corrected chi connectivity index (χ0v) is 39.8. The molecule has 0 atom stereocenters. The molecule has 7 heteroatoms. The minimum atomic E-state index is -2.62. The number of hydrogen-bond donors (Lipinski definition) is 0. The minimum absolute atomic E-state index is 0.0994. The van der Waals surface area contributed by atoms with Crippen LogP contribution in [-0.4, -0.2) is 29.4 Å². The van der Waals surface area contributed by atoms with Crippen LogP contribution in [0.4, 0.5) is 0 Å². The third kappa shape index (κ3) is 7.25. The Labute approximate surface area is 372 Å². The fraction of sp³-hybridized carbons (Fsp3) is 0.208. The number of aromatic nitrogens is 2. The molecule has 2 aromatic heterocycles. The van der Waals surface area contributed by atoms with Gasteiger partial charge in [0.25, 0.3) is 0 Å². The molecule has 10 rings (SSSR count). The molecule has 0 N–H and O–H groups in total. The molecular weight excluding hydrogens is 871 g/mol. The van der Waals surface area contributed by atoms with E-state index in [-0.39, 0.29) is 5.60 Å². The summed E-state index contributed by atoms with van der Waals surface area (Å²) in [5, 5.41) is 14.3. The van der Waals surface area contributed by atoms with E-state index in [1.165, 1.54) is 95.8 Å². The second-order valence-corrected chi connectivity index (χ2v) is 25.1. The first kappa shape index (κ1) is 41.1. The van der Waals surface area contributed by atoms with Gasteiger partial charge in [-0.05, 0) is 74.6 Å². The van der Waals surface area contributed by atoms with Crippen molar-refractivity contribution in [2.45, 2.75) is 64.6 Å². The van der Waals surface area contributed by atoms with Crippen LogP contribution < -0.4 is 10.4 Å². The molecule has 0 radical (unpaired) electrons. The van der Waals surface area contributed by atoms with Crippen molar-refractivity contribution in [2.75, 3.05) is 6.61 Å². The van der Waals surface area contributed by atoms with Gasteiger partial charge in [-0.1, -0.05) is 173 Å². The normalized spacial score (nSPS) is 12.2. The first-order valence-corrected chi connectivity index (χ1v) is 30.2. The van der Waals surface area contributed by atoms with Crippen molar-refractivity contribution >= 4 is 101 Å². The molecule has 0 saturated heterocycles. The van der Waals surface area contributed by atoms with E-state index in [0.717, 1.165) is 19.1 Å². The van der Waals surface area contributed by atoms with E-state index in [2.05, 4.69) is 194 Å². The van der Waals surface area contributed by atoms with Crippen LogP contribution in [0.5, 0.6) is 0 Å². The Morgan fingerprint density at radius 1 is 0.517 bits per heavy atom. The molecule has 0 spiro atoms. The SMILES string of the molecule is CC(C)(C)OCCCCCC[Si](C)([c-]1c2ccccc2c2c1c1ccccc1n2-c1ccccc1)[c-]1c2ccccc2c2c1c1ccccc1n2-c1ccccc1.[Cl][Zr+2][Cl]. The van der Waals surface area contributed by atoms with Gasteiger partial charge < -0.3 is 13.9 Å². The van der Waals surface area contributed by atoms with E-state index in [0.29, 0.717) is 0 Å². The van der Waals surface area contributed by atoms with Gasteiger partial charge in [-0.3, -0.25) is 0 Å². The predicted octanol–water partition coefficient (Wildman–Crippen LogP) is 14.6. The van der Waals surface area contributed by atoms with Crippen LogP contribution in [0.2, 0.25) is 12.6 Å². The van der Waals surface area contributed by atoms with Crippen LogP contribution in [0.1, 0.15) is 46.5 Å². The second kappa shape index (κ2) is 17.3. The number of fused-ring (bicyclic) bond motifs is 10. The van der Waals surface area contributed by atoms with Crippen molar-refractivity contribution in [3.63, 3.8) is 0 Å². The van der Waals surface area contributed by atoms with Crippen molar-refractivity contribution in [1.82, 2.24) is 9.13 Å². The van der Waals surface area contributed by atoms with Gasteiger partial charge in [0.15, 0.2) is 0 Å². The molecule has 3 nitrogen and oxygen atoms in total. The topological polar surface area (TPSA) is 19.1 Å². The van der Waals surface area contributed by atoms with E-state index < -0.39 is 28.9 Å². The van der Waals surface area contributed by atoms with Crippen LogP contribution in [-0.2, 0) is 25.6 Å². The Morgan fingerprint density at radius 3 is 1.35 bits per heavy atom. The summed E-state index contributed by atoms with van der Waals surface area (Å²) in [5.41, 5.74) is 7.54. The van der Waals surface area contributed by atoms with Gasteiger partial charge in [0, 0.05) is 37.1 Å². The molecule has 0 amide bonds. The zero-order chi connectivity index (χ0) is 41.4. The van der Waals surface area contributed by atoms with Gasteiger partial charge in [0.1, 0.15) is 0 Å². The zero-order valence-electron chi connectivity index (χ0n) is 34.8. The summed E-state index contributed by atoms with van der Waals surface area (Å²) < 4.78 is 11.2. The molecule has 0 saturated carbocycles. The molecule has 2 heterocycles. The van der Waals surface area contributed by atoms with Crippen LogP contribution >= 0.6 is 17.0 Å². The van der Waals surface area contributed by atoms with Crippen molar-refractivity contribution < 1.29 is 25.6 Å². The van der Waals surface area contributed by atoms with E-state index in [4.69, 9.17) is 21.8 Å². The molecule has 60 heavy (non-hydrogen) atoms. The number of halogens is 2. The third-order valence-corrected chi connectivity index (χ3v) is 17.0. The Bertz CT molecular complexity index is 2880. The average Bonchev–Trinajstić information content (AvgIpc) is 3.99. The maximum atomic E-state index is 6.15. The van der Waals surface area contributed by atoms with E-state index in [1.807, 2.05) is 0 Å². The quantitative estimate of drug-likeness (QED) is 0.0719. The second-order valence-electron chi connectivity index (χ2n) is 17.2. The van der Waals surface area contributed by atoms with Gasteiger partial charge in [0.05, 0.1) is 5.60 Å². The molecule has 0 aliphatic carbocycles.